The lowest BCUT2D eigenvalue weighted by atomic mass is 9.86. The summed E-state index contributed by atoms with van der Waals surface area (Å²) in [7, 11) is 0.820. The van der Waals surface area contributed by atoms with Crippen molar-refractivity contribution in [2.75, 3.05) is 7.11 Å². The Balaban J connectivity index is 2.79. The van der Waals surface area contributed by atoms with Gasteiger partial charge in [-0.05, 0) is 12.8 Å². The van der Waals surface area contributed by atoms with Crippen molar-refractivity contribution in [2.45, 2.75) is 31.2 Å². The SMILES string of the molecule is COC(=O)c1c(F)c(F)c(C2(N=C=O)CCCC2)c(F)c1F. The molecular weight excluding hydrogens is 306 g/mol. The van der Waals surface area contributed by atoms with E-state index < -0.39 is 45.9 Å². The number of nitrogens with zero attached hydrogens (tertiary/aromatic N) is 1. The summed E-state index contributed by atoms with van der Waals surface area (Å²) >= 11 is 0. The number of rotatable bonds is 3. The van der Waals surface area contributed by atoms with Crippen molar-refractivity contribution in [1.29, 1.82) is 0 Å². The lowest BCUT2D eigenvalue weighted by Gasteiger charge is -2.24. The first-order chi connectivity index (χ1) is 10.4. The molecular formula is C14H11F4NO3. The minimum atomic E-state index is -1.87. The summed E-state index contributed by atoms with van der Waals surface area (Å²) in [4.78, 5) is 25.2. The maximum Gasteiger partial charge on any atom is 0.344 e. The van der Waals surface area contributed by atoms with Gasteiger partial charge in [-0.25, -0.2) is 27.2 Å². The third kappa shape index (κ3) is 2.29. The molecule has 0 radical (unpaired) electrons. The molecule has 0 saturated heterocycles. The van der Waals surface area contributed by atoms with Gasteiger partial charge in [0.2, 0.25) is 6.08 Å². The van der Waals surface area contributed by atoms with Crippen LogP contribution in [-0.4, -0.2) is 19.2 Å². The third-order valence-corrected chi connectivity index (χ3v) is 3.81. The van der Waals surface area contributed by atoms with Gasteiger partial charge >= 0.3 is 5.97 Å². The Bertz CT molecular complexity index is 648. The monoisotopic (exact) mass is 317 g/mol. The average molecular weight is 317 g/mol. The Morgan fingerprint density at radius 1 is 1.09 bits per heavy atom. The molecule has 1 aromatic rings. The van der Waals surface area contributed by atoms with Crippen LogP contribution in [0.5, 0.6) is 0 Å². The number of carbonyl (C=O) groups is 1. The fourth-order valence-corrected chi connectivity index (χ4v) is 2.79. The molecule has 2 rings (SSSR count). The molecule has 1 saturated carbocycles. The molecule has 118 valence electrons. The second-order valence-corrected chi connectivity index (χ2v) is 4.94. The number of aliphatic imine (C=N–C) groups is 1. The molecule has 22 heavy (non-hydrogen) atoms. The van der Waals surface area contributed by atoms with Gasteiger partial charge in [0.1, 0.15) is 11.1 Å². The average Bonchev–Trinajstić information content (AvgIpc) is 2.95. The highest BCUT2D eigenvalue weighted by molar-refractivity contribution is 5.90. The third-order valence-electron chi connectivity index (χ3n) is 3.81. The van der Waals surface area contributed by atoms with Crippen LogP contribution in [0.4, 0.5) is 17.6 Å². The molecule has 1 aliphatic carbocycles. The first-order valence-electron chi connectivity index (χ1n) is 6.43. The number of hydrogen-bond acceptors (Lipinski definition) is 4. The number of esters is 1. The number of isocyanates is 1. The van der Waals surface area contributed by atoms with Crippen LogP contribution in [0.25, 0.3) is 0 Å². The van der Waals surface area contributed by atoms with Crippen molar-refractivity contribution >= 4 is 12.0 Å². The first kappa shape index (κ1) is 16.2. The van der Waals surface area contributed by atoms with Gasteiger partial charge in [-0.3, -0.25) is 0 Å². The number of ether oxygens (including phenoxy) is 1. The molecule has 1 aliphatic rings. The molecule has 0 heterocycles. The molecule has 0 unspecified atom stereocenters. The highest BCUT2D eigenvalue weighted by atomic mass is 19.2. The maximum atomic E-state index is 14.2. The van der Waals surface area contributed by atoms with E-state index in [1.54, 1.807) is 0 Å². The number of halogens is 4. The van der Waals surface area contributed by atoms with Gasteiger partial charge in [-0.1, -0.05) is 12.8 Å². The molecule has 0 aliphatic heterocycles. The van der Waals surface area contributed by atoms with Crippen molar-refractivity contribution in [2.24, 2.45) is 4.99 Å². The number of carbonyl (C=O) groups excluding carboxylic acids is 2. The quantitative estimate of drug-likeness (QED) is 0.283. The summed E-state index contributed by atoms with van der Waals surface area (Å²) < 4.78 is 60.6. The van der Waals surface area contributed by atoms with Crippen molar-refractivity contribution in [3.63, 3.8) is 0 Å². The highest BCUT2D eigenvalue weighted by Gasteiger charge is 2.44. The number of methoxy groups -OCH3 is 1. The van der Waals surface area contributed by atoms with Gasteiger partial charge in [0.15, 0.2) is 23.3 Å². The normalized spacial score (nSPS) is 16.2. The Kier molecular flexibility index (Phi) is 4.32. The van der Waals surface area contributed by atoms with Gasteiger partial charge in [-0.15, -0.1) is 0 Å². The zero-order valence-corrected chi connectivity index (χ0v) is 11.5. The van der Waals surface area contributed by atoms with E-state index >= 15 is 0 Å². The summed E-state index contributed by atoms with van der Waals surface area (Å²) in [5.41, 5.74) is -4.15. The van der Waals surface area contributed by atoms with Crippen LogP contribution in [0.3, 0.4) is 0 Å². The Labute approximate surface area is 122 Å². The summed E-state index contributed by atoms with van der Waals surface area (Å²) in [6.07, 6.45) is 2.25. The van der Waals surface area contributed by atoms with Gasteiger partial charge in [0.25, 0.3) is 0 Å². The Morgan fingerprint density at radius 3 is 2.00 bits per heavy atom. The predicted octanol–water partition coefficient (Wildman–Crippen LogP) is 3.13. The van der Waals surface area contributed by atoms with Gasteiger partial charge in [0, 0.05) is 0 Å². The standard InChI is InChI=1S/C14H11F4NO3/c1-22-13(21)7-9(15)11(17)8(12(18)10(7)16)14(19-6-20)4-2-3-5-14/h2-5H2,1H3. The van der Waals surface area contributed by atoms with Crippen LogP contribution >= 0.6 is 0 Å². The van der Waals surface area contributed by atoms with Gasteiger partial charge in [-0.2, -0.15) is 4.99 Å². The van der Waals surface area contributed by atoms with Crippen molar-refractivity contribution in [1.82, 2.24) is 0 Å². The van der Waals surface area contributed by atoms with E-state index in [-0.39, 0.29) is 12.8 Å². The van der Waals surface area contributed by atoms with E-state index in [2.05, 4.69) is 9.73 Å². The zero-order chi connectivity index (χ0) is 16.5. The van der Waals surface area contributed by atoms with Crippen LogP contribution in [-0.2, 0) is 15.1 Å². The molecule has 0 spiro atoms. The van der Waals surface area contributed by atoms with Gasteiger partial charge < -0.3 is 4.74 Å². The second-order valence-electron chi connectivity index (χ2n) is 4.94. The van der Waals surface area contributed by atoms with Crippen LogP contribution in [0.15, 0.2) is 4.99 Å². The van der Waals surface area contributed by atoms with Crippen molar-refractivity contribution < 1.29 is 31.9 Å². The Hall–Kier alpha value is -2.21. The topological polar surface area (TPSA) is 55.7 Å². The van der Waals surface area contributed by atoms with E-state index in [1.807, 2.05) is 0 Å². The van der Waals surface area contributed by atoms with E-state index in [0.717, 1.165) is 7.11 Å². The first-order valence-corrected chi connectivity index (χ1v) is 6.43. The van der Waals surface area contributed by atoms with Gasteiger partial charge in [0.05, 0.1) is 12.7 Å². The van der Waals surface area contributed by atoms with Crippen LogP contribution in [0, 0.1) is 23.3 Å². The fourth-order valence-electron chi connectivity index (χ4n) is 2.79. The molecule has 1 aromatic carbocycles. The van der Waals surface area contributed by atoms with E-state index in [4.69, 9.17) is 0 Å². The molecule has 8 heteroatoms. The second kappa shape index (κ2) is 5.88. The molecule has 0 bridgehead atoms. The molecule has 4 nitrogen and oxygen atoms in total. The predicted molar refractivity (Wildman–Crippen MR) is 65.9 cm³/mol. The molecule has 0 atom stereocenters. The molecule has 0 amide bonds. The number of hydrogen-bond donors (Lipinski definition) is 0. The number of benzene rings is 1. The van der Waals surface area contributed by atoms with Crippen LogP contribution in [0.2, 0.25) is 0 Å². The summed E-state index contributed by atoms with van der Waals surface area (Å²) in [5, 5.41) is 0. The Morgan fingerprint density at radius 2 is 1.59 bits per heavy atom. The van der Waals surface area contributed by atoms with E-state index in [9.17, 15) is 27.2 Å². The molecule has 0 N–H and O–H groups in total. The summed E-state index contributed by atoms with van der Waals surface area (Å²) in [6.45, 7) is 0. The maximum absolute atomic E-state index is 14.2. The molecule has 0 aromatic heterocycles. The lowest BCUT2D eigenvalue weighted by Crippen LogP contribution is -2.26. The zero-order valence-electron chi connectivity index (χ0n) is 11.5. The summed E-state index contributed by atoms with van der Waals surface area (Å²) in [6, 6.07) is 0. The molecule has 1 fully saturated rings. The smallest absolute Gasteiger partial charge is 0.344 e. The van der Waals surface area contributed by atoms with Crippen LogP contribution < -0.4 is 0 Å². The fraction of sp³-hybridized carbons (Fsp3) is 0.429. The highest BCUT2D eigenvalue weighted by Crippen LogP contribution is 2.45. The van der Waals surface area contributed by atoms with E-state index in [1.165, 1.54) is 6.08 Å². The van der Waals surface area contributed by atoms with Crippen molar-refractivity contribution in [3.05, 3.63) is 34.4 Å². The largest absolute Gasteiger partial charge is 0.465 e. The minimum absolute atomic E-state index is 0.0481. The van der Waals surface area contributed by atoms with Crippen LogP contribution in [0.1, 0.15) is 41.6 Å². The summed E-state index contributed by atoms with van der Waals surface area (Å²) in [5.74, 6) is -8.78. The van der Waals surface area contributed by atoms with E-state index in [0.29, 0.717) is 12.8 Å². The lowest BCUT2D eigenvalue weighted by molar-refractivity contribution is 0.0586. The van der Waals surface area contributed by atoms with Crippen molar-refractivity contribution in [3.8, 4) is 0 Å². The minimum Gasteiger partial charge on any atom is -0.465 e.